The number of carbonyl (C=O) groups excluding carboxylic acids is 2. The third kappa shape index (κ3) is 3.99. The van der Waals surface area contributed by atoms with E-state index in [1.54, 1.807) is 24.3 Å². The highest BCUT2D eigenvalue weighted by molar-refractivity contribution is 8.00. The zero-order chi connectivity index (χ0) is 19.5. The quantitative estimate of drug-likeness (QED) is 0.712. The van der Waals surface area contributed by atoms with Crippen LogP contribution in [-0.4, -0.2) is 33.8 Å². The highest BCUT2D eigenvalue weighted by Crippen LogP contribution is 2.24. The lowest BCUT2D eigenvalue weighted by Crippen LogP contribution is -2.52. The number of nitrogens with one attached hydrogen (secondary N) is 2. The Hall–Kier alpha value is -2.93. The Balaban J connectivity index is 1.38. The van der Waals surface area contributed by atoms with E-state index >= 15 is 0 Å². The van der Waals surface area contributed by atoms with Crippen molar-refractivity contribution in [1.82, 2.24) is 10.3 Å². The molecule has 0 bridgehead atoms. The number of hydrogen-bond acceptors (Lipinski definition) is 4. The van der Waals surface area contributed by atoms with Crippen LogP contribution >= 0.6 is 11.8 Å². The van der Waals surface area contributed by atoms with Crippen LogP contribution in [0, 0.1) is 5.82 Å². The molecule has 0 spiro atoms. The minimum Gasteiger partial charge on any atom is -0.343 e. The molecule has 28 heavy (non-hydrogen) atoms. The van der Waals surface area contributed by atoms with Gasteiger partial charge in [0.05, 0.1) is 10.8 Å². The van der Waals surface area contributed by atoms with Gasteiger partial charge in [0.25, 0.3) is 0 Å². The summed E-state index contributed by atoms with van der Waals surface area (Å²) in [7, 11) is 0. The van der Waals surface area contributed by atoms with Gasteiger partial charge in [-0.05, 0) is 36.2 Å². The molecule has 3 aromatic rings. The largest absolute Gasteiger partial charge is 0.343 e. The summed E-state index contributed by atoms with van der Waals surface area (Å²) in [5, 5.41) is 6.07. The molecule has 0 saturated carbocycles. The van der Waals surface area contributed by atoms with Gasteiger partial charge in [-0.2, -0.15) is 0 Å². The molecule has 1 fully saturated rings. The van der Waals surface area contributed by atoms with Crippen LogP contribution in [0.3, 0.4) is 0 Å². The molecule has 0 unspecified atom stereocenters. The zero-order valence-corrected chi connectivity index (χ0v) is 15.7. The Bertz CT molecular complexity index is 1040. The second-order valence-electron chi connectivity index (χ2n) is 6.56. The van der Waals surface area contributed by atoms with Crippen LogP contribution in [0.4, 0.5) is 10.2 Å². The molecule has 2 aromatic carbocycles. The first-order valence-corrected chi connectivity index (χ1v) is 9.97. The number of pyridine rings is 1. The van der Waals surface area contributed by atoms with Crippen molar-refractivity contribution in [1.29, 1.82) is 0 Å². The number of nitrogens with zero attached hydrogens (tertiary/aromatic N) is 1. The van der Waals surface area contributed by atoms with Gasteiger partial charge in [0.2, 0.25) is 11.8 Å². The third-order valence-electron chi connectivity index (χ3n) is 4.60. The van der Waals surface area contributed by atoms with Crippen molar-refractivity contribution < 1.29 is 14.0 Å². The minimum absolute atomic E-state index is 0.258. The fraction of sp³-hybridized carbons (Fsp3) is 0.190. The SMILES string of the molecule is O=C(Nc1ccc2ccccc2n1)[C@@H]1CS[C@@H](Cc2ccccc2F)C(=O)N1. The van der Waals surface area contributed by atoms with Gasteiger partial charge < -0.3 is 10.6 Å². The van der Waals surface area contributed by atoms with E-state index in [-0.39, 0.29) is 17.6 Å². The van der Waals surface area contributed by atoms with Crippen LogP contribution in [-0.2, 0) is 16.0 Å². The summed E-state index contributed by atoms with van der Waals surface area (Å²) < 4.78 is 13.8. The van der Waals surface area contributed by atoms with Crippen molar-refractivity contribution in [2.24, 2.45) is 0 Å². The lowest BCUT2D eigenvalue weighted by molar-refractivity contribution is -0.126. The maximum absolute atomic E-state index is 13.8. The Labute approximate surface area is 165 Å². The molecule has 1 aromatic heterocycles. The molecule has 2 N–H and O–H groups in total. The van der Waals surface area contributed by atoms with Gasteiger partial charge in [-0.3, -0.25) is 9.59 Å². The lowest BCUT2D eigenvalue weighted by atomic mass is 10.1. The topological polar surface area (TPSA) is 71.1 Å². The Morgan fingerprint density at radius 1 is 1.14 bits per heavy atom. The van der Waals surface area contributed by atoms with E-state index in [1.807, 2.05) is 30.3 Å². The summed E-state index contributed by atoms with van der Waals surface area (Å²) in [6.45, 7) is 0. The highest BCUT2D eigenvalue weighted by Gasteiger charge is 2.33. The number of aromatic nitrogens is 1. The predicted molar refractivity (Wildman–Crippen MR) is 109 cm³/mol. The van der Waals surface area contributed by atoms with Crippen LogP contribution in [0.25, 0.3) is 10.9 Å². The van der Waals surface area contributed by atoms with Gasteiger partial charge in [-0.15, -0.1) is 11.8 Å². The van der Waals surface area contributed by atoms with Crippen LogP contribution < -0.4 is 10.6 Å². The molecule has 0 aliphatic carbocycles. The summed E-state index contributed by atoms with van der Waals surface area (Å²) in [5.41, 5.74) is 1.28. The number of para-hydroxylation sites is 1. The number of halogens is 1. The molecule has 1 aliphatic rings. The van der Waals surface area contributed by atoms with E-state index in [4.69, 9.17) is 0 Å². The number of hydrogen-bond donors (Lipinski definition) is 2. The molecule has 1 aliphatic heterocycles. The minimum atomic E-state index is -0.650. The number of thioether (sulfide) groups is 1. The third-order valence-corrected chi connectivity index (χ3v) is 5.91. The monoisotopic (exact) mass is 395 g/mol. The fourth-order valence-electron chi connectivity index (χ4n) is 3.10. The van der Waals surface area contributed by atoms with Crippen molar-refractivity contribution in [3.8, 4) is 0 Å². The van der Waals surface area contributed by atoms with E-state index in [9.17, 15) is 14.0 Å². The molecule has 5 nitrogen and oxygen atoms in total. The van der Waals surface area contributed by atoms with Crippen molar-refractivity contribution in [2.75, 3.05) is 11.1 Å². The van der Waals surface area contributed by atoms with E-state index in [1.165, 1.54) is 17.8 Å². The molecule has 142 valence electrons. The molecule has 2 amide bonds. The van der Waals surface area contributed by atoms with Crippen molar-refractivity contribution in [3.05, 3.63) is 72.0 Å². The smallest absolute Gasteiger partial charge is 0.248 e. The molecular formula is C21H18FN3O2S. The van der Waals surface area contributed by atoms with E-state index < -0.39 is 11.3 Å². The molecule has 1 saturated heterocycles. The van der Waals surface area contributed by atoms with Crippen molar-refractivity contribution in [2.45, 2.75) is 17.7 Å². The molecule has 0 radical (unpaired) electrons. The molecule has 7 heteroatoms. The van der Waals surface area contributed by atoms with Crippen molar-refractivity contribution >= 4 is 40.3 Å². The summed E-state index contributed by atoms with van der Waals surface area (Å²) in [5.74, 6) is -0.0294. The molecule has 2 heterocycles. The van der Waals surface area contributed by atoms with Gasteiger partial charge in [0.1, 0.15) is 17.7 Å². The number of rotatable bonds is 4. The van der Waals surface area contributed by atoms with Crippen LogP contribution in [0.5, 0.6) is 0 Å². The Morgan fingerprint density at radius 3 is 2.75 bits per heavy atom. The van der Waals surface area contributed by atoms with Gasteiger partial charge in [-0.25, -0.2) is 9.37 Å². The first-order chi connectivity index (χ1) is 13.6. The summed E-state index contributed by atoms with van der Waals surface area (Å²) in [4.78, 5) is 29.3. The first-order valence-electron chi connectivity index (χ1n) is 8.92. The lowest BCUT2D eigenvalue weighted by Gasteiger charge is -2.28. The van der Waals surface area contributed by atoms with Gasteiger partial charge in [0, 0.05) is 11.1 Å². The fourth-order valence-corrected chi connectivity index (χ4v) is 4.28. The summed E-state index contributed by atoms with van der Waals surface area (Å²) in [6.07, 6.45) is 0.295. The average Bonchev–Trinajstić information content (AvgIpc) is 2.71. The van der Waals surface area contributed by atoms with E-state index in [0.717, 1.165) is 10.9 Å². The summed E-state index contributed by atoms with van der Waals surface area (Å²) in [6, 6.07) is 17.0. The second kappa shape index (κ2) is 7.98. The van der Waals surface area contributed by atoms with Crippen LogP contribution in [0.2, 0.25) is 0 Å². The number of amides is 2. The van der Waals surface area contributed by atoms with Gasteiger partial charge in [-0.1, -0.05) is 36.4 Å². The average molecular weight is 395 g/mol. The number of carbonyl (C=O) groups is 2. The second-order valence-corrected chi connectivity index (χ2v) is 7.79. The maximum Gasteiger partial charge on any atom is 0.248 e. The molecule has 2 atom stereocenters. The predicted octanol–water partition coefficient (Wildman–Crippen LogP) is 3.16. The van der Waals surface area contributed by atoms with E-state index in [2.05, 4.69) is 15.6 Å². The Morgan fingerprint density at radius 2 is 1.93 bits per heavy atom. The van der Waals surface area contributed by atoms with Gasteiger partial charge in [0.15, 0.2) is 0 Å². The standard InChI is InChI=1S/C21H18FN3O2S/c22-15-7-3-1-6-14(15)11-18-21(27)24-17(12-28-18)20(26)25-19-10-9-13-5-2-4-8-16(13)23-19/h1-10,17-18H,11-12H2,(H,24,27)(H,23,25,26)/t17-,18-/m0/s1. The van der Waals surface area contributed by atoms with Crippen LogP contribution in [0.1, 0.15) is 5.56 Å². The highest BCUT2D eigenvalue weighted by atomic mass is 32.2. The number of fused-ring (bicyclic) bond motifs is 1. The van der Waals surface area contributed by atoms with Crippen molar-refractivity contribution in [3.63, 3.8) is 0 Å². The number of anilines is 1. The molecule has 4 rings (SSSR count). The zero-order valence-electron chi connectivity index (χ0n) is 14.9. The normalized spacial score (nSPS) is 19.2. The summed E-state index contributed by atoms with van der Waals surface area (Å²) >= 11 is 1.36. The maximum atomic E-state index is 13.8. The number of benzene rings is 2. The van der Waals surface area contributed by atoms with E-state index in [0.29, 0.717) is 23.6 Å². The first kappa shape index (κ1) is 18.4. The van der Waals surface area contributed by atoms with Crippen LogP contribution in [0.15, 0.2) is 60.7 Å². The molecular weight excluding hydrogens is 377 g/mol. The van der Waals surface area contributed by atoms with Gasteiger partial charge >= 0.3 is 0 Å². The Kier molecular flexibility index (Phi) is 5.25.